The minimum absolute atomic E-state index is 0.747. The quantitative estimate of drug-likeness (QED) is 0.536. The molecule has 0 amide bonds. The van der Waals surface area contributed by atoms with Gasteiger partial charge in [-0.25, -0.2) is 0 Å². The lowest BCUT2D eigenvalue weighted by molar-refractivity contribution is 0.316. The van der Waals surface area contributed by atoms with Crippen molar-refractivity contribution < 1.29 is 0 Å². The SMILES string of the molecule is CCCCC(CC)CC(CC(C)C)NCCC. The minimum Gasteiger partial charge on any atom is -0.314 e. The second-order valence-corrected chi connectivity index (χ2v) is 5.93. The molecule has 0 aromatic carbocycles. The molecule has 0 fully saturated rings. The molecule has 0 bridgehead atoms. The van der Waals surface area contributed by atoms with Crippen LogP contribution in [-0.4, -0.2) is 12.6 Å². The van der Waals surface area contributed by atoms with Gasteiger partial charge in [0.15, 0.2) is 0 Å². The van der Waals surface area contributed by atoms with Gasteiger partial charge in [0.2, 0.25) is 0 Å². The average molecular weight is 241 g/mol. The molecule has 0 saturated carbocycles. The molecule has 0 rings (SSSR count). The molecule has 0 aliphatic carbocycles. The van der Waals surface area contributed by atoms with E-state index in [9.17, 15) is 0 Å². The van der Waals surface area contributed by atoms with E-state index in [1.807, 2.05) is 0 Å². The Labute approximate surface area is 110 Å². The van der Waals surface area contributed by atoms with E-state index in [-0.39, 0.29) is 0 Å². The highest BCUT2D eigenvalue weighted by Crippen LogP contribution is 2.21. The van der Waals surface area contributed by atoms with Gasteiger partial charge < -0.3 is 5.32 Å². The maximum Gasteiger partial charge on any atom is 0.00721 e. The van der Waals surface area contributed by atoms with E-state index in [0.717, 1.165) is 17.9 Å². The van der Waals surface area contributed by atoms with Gasteiger partial charge in [-0.05, 0) is 37.6 Å². The fraction of sp³-hybridized carbons (Fsp3) is 1.00. The lowest BCUT2D eigenvalue weighted by Gasteiger charge is -2.25. The van der Waals surface area contributed by atoms with Crippen molar-refractivity contribution in [2.75, 3.05) is 6.54 Å². The first-order valence-corrected chi connectivity index (χ1v) is 7.87. The van der Waals surface area contributed by atoms with Gasteiger partial charge in [0.05, 0.1) is 0 Å². The molecule has 1 heteroatoms. The van der Waals surface area contributed by atoms with Gasteiger partial charge in [-0.3, -0.25) is 0 Å². The molecular weight excluding hydrogens is 206 g/mol. The fourth-order valence-electron chi connectivity index (χ4n) is 2.56. The molecule has 0 heterocycles. The predicted octanol–water partition coefficient (Wildman–Crippen LogP) is 5.01. The Hall–Kier alpha value is -0.0400. The summed E-state index contributed by atoms with van der Waals surface area (Å²) in [6.45, 7) is 12.8. The van der Waals surface area contributed by atoms with Gasteiger partial charge in [-0.15, -0.1) is 0 Å². The molecule has 0 radical (unpaired) electrons. The monoisotopic (exact) mass is 241 g/mol. The van der Waals surface area contributed by atoms with Crippen molar-refractivity contribution in [3.63, 3.8) is 0 Å². The number of hydrogen-bond acceptors (Lipinski definition) is 1. The highest BCUT2D eigenvalue weighted by molar-refractivity contribution is 4.73. The summed E-state index contributed by atoms with van der Waals surface area (Å²) >= 11 is 0. The molecule has 0 spiro atoms. The van der Waals surface area contributed by atoms with Crippen molar-refractivity contribution in [1.29, 1.82) is 0 Å². The second-order valence-electron chi connectivity index (χ2n) is 5.93. The van der Waals surface area contributed by atoms with Crippen LogP contribution in [0.5, 0.6) is 0 Å². The third kappa shape index (κ3) is 9.64. The predicted molar refractivity (Wildman–Crippen MR) is 79.5 cm³/mol. The van der Waals surface area contributed by atoms with Gasteiger partial charge in [-0.2, -0.15) is 0 Å². The lowest BCUT2D eigenvalue weighted by Crippen LogP contribution is -2.33. The van der Waals surface area contributed by atoms with Crippen LogP contribution in [-0.2, 0) is 0 Å². The summed E-state index contributed by atoms with van der Waals surface area (Å²) in [6, 6.07) is 0.747. The number of rotatable bonds is 11. The normalized spacial score (nSPS) is 15.2. The van der Waals surface area contributed by atoms with Gasteiger partial charge >= 0.3 is 0 Å². The van der Waals surface area contributed by atoms with Crippen LogP contribution in [0.4, 0.5) is 0 Å². The Morgan fingerprint density at radius 3 is 2.12 bits per heavy atom. The summed E-state index contributed by atoms with van der Waals surface area (Å²) in [6.07, 6.45) is 9.49. The van der Waals surface area contributed by atoms with E-state index in [1.54, 1.807) is 0 Å². The molecule has 104 valence electrons. The van der Waals surface area contributed by atoms with E-state index >= 15 is 0 Å². The third-order valence-corrected chi connectivity index (χ3v) is 3.60. The van der Waals surface area contributed by atoms with Gasteiger partial charge in [-0.1, -0.05) is 60.3 Å². The molecule has 0 aromatic heterocycles. The van der Waals surface area contributed by atoms with E-state index in [2.05, 4.69) is 39.9 Å². The van der Waals surface area contributed by atoms with Crippen LogP contribution in [0.1, 0.15) is 79.6 Å². The summed E-state index contributed by atoms with van der Waals surface area (Å²) < 4.78 is 0. The van der Waals surface area contributed by atoms with Crippen LogP contribution in [0.15, 0.2) is 0 Å². The Morgan fingerprint density at radius 1 is 0.941 bits per heavy atom. The first-order chi connectivity index (χ1) is 8.13. The number of unbranched alkanes of at least 4 members (excludes halogenated alkanes) is 1. The third-order valence-electron chi connectivity index (χ3n) is 3.60. The largest absolute Gasteiger partial charge is 0.314 e. The Kier molecular flexibility index (Phi) is 11.0. The molecule has 17 heavy (non-hydrogen) atoms. The summed E-state index contributed by atoms with van der Waals surface area (Å²) in [4.78, 5) is 0. The van der Waals surface area contributed by atoms with Gasteiger partial charge in [0.1, 0.15) is 0 Å². The summed E-state index contributed by atoms with van der Waals surface area (Å²) in [5.41, 5.74) is 0. The van der Waals surface area contributed by atoms with E-state index in [4.69, 9.17) is 0 Å². The highest BCUT2D eigenvalue weighted by atomic mass is 14.9. The summed E-state index contributed by atoms with van der Waals surface area (Å²) in [5, 5.41) is 3.74. The van der Waals surface area contributed by atoms with Crippen molar-refractivity contribution in [2.45, 2.75) is 85.6 Å². The smallest absolute Gasteiger partial charge is 0.00721 e. The summed E-state index contributed by atoms with van der Waals surface area (Å²) in [5.74, 6) is 1.75. The fourth-order valence-corrected chi connectivity index (χ4v) is 2.56. The van der Waals surface area contributed by atoms with Crippen molar-refractivity contribution in [2.24, 2.45) is 11.8 Å². The lowest BCUT2D eigenvalue weighted by atomic mass is 9.88. The zero-order valence-corrected chi connectivity index (χ0v) is 12.9. The summed E-state index contributed by atoms with van der Waals surface area (Å²) in [7, 11) is 0. The molecule has 0 saturated heterocycles. The number of nitrogens with one attached hydrogen (secondary N) is 1. The molecule has 0 aliphatic rings. The molecule has 2 atom stereocenters. The van der Waals surface area contributed by atoms with Gasteiger partial charge in [0, 0.05) is 6.04 Å². The molecule has 2 unspecified atom stereocenters. The van der Waals surface area contributed by atoms with Crippen LogP contribution >= 0.6 is 0 Å². The minimum atomic E-state index is 0.747. The van der Waals surface area contributed by atoms with Crippen molar-refractivity contribution in [3.05, 3.63) is 0 Å². The zero-order chi connectivity index (χ0) is 13.1. The standard InChI is InChI=1S/C16H35N/c1-6-9-10-15(8-3)13-16(12-14(4)5)17-11-7-2/h14-17H,6-13H2,1-5H3. The van der Waals surface area contributed by atoms with Crippen LogP contribution < -0.4 is 5.32 Å². The van der Waals surface area contributed by atoms with Crippen LogP contribution in [0.3, 0.4) is 0 Å². The second kappa shape index (κ2) is 11.1. The van der Waals surface area contributed by atoms with Gasteiger partial charge in [0.25, 0.3) is 0 Å². The maximum absolute atomic E-state index is 3.74. The van der Waals surface area contributed by atoms with E-state index in [1.165, 1.54) is 51.5 Å². The highest BCUT2D eigenvalue weighted by Gasteiger charge is 2.15. The Balaban J connectivity index is 4.06. The van der Waals surface area contributed by atoms with Crippen molar-refractivity contribution in [1.82, 2.24) is 5.32 Å². The van der Waals surface area contributed by atoms with Crippen molar-refractivity contribution >= 4 is 0 Å². The topological polar surface area (TPSA) is 12.0 Å². The van der Waals surface area contributed by atoms with Crippen LogP contribution in [0, 0.1) is 11.8 Å². The Bertz CT molecular complexity index is 154. The molecular formula is C16H35N. The molecule has 0 aromatic rings. The number of hydrogen-bond donors (Lipinski definition) is 1. The van der Waals surface area contributed by atoms with Crippen molar-refractivity contribution in [3.8, 4) is 0 Å². The van der Waals surface area contributed by atoms with Crippen LogP contribution in [0.25, 0.3) is 0 Å². The maximum atomic E-state index is 3.74. The first kappa shape index (κ1) is 17.0. The van der Waals surface area contributed by atoms with E-state index in [0.29, 0.717) is 0 Å². The molecule has 1 N–H and O–H groups in total. The zero-order valence-electron chi connectivity index (χ0n) is 12.9. The molecule has 0 aliphatic heterocycles. The average Bonchev–Trinajstić information content (AvgIpc) is 2.30. The van der Waals surface area contributed by atoms with E-state index < -0.39 is 0 Å². The molecule has 1 nitrogen and oxygen atoms in total. The first-order valence-electron chi connectivity index (χ1n) is 7.87. The van der Waals surface area contributed by atoms with Crippen LogP contribution in [0.2, 0.25) is 0 Å². The Morgan fingerprint density at radius 2 is 1.65 bits per heavy atom.